The summed E-state index contributed by atoms with van der Waals surface area (Å²) in [5.74, 6) is -0.828. The summed E-state index contributed by atoms with van der Waals surface area (Å²) < 4.78 is 0. The number of hydrogen-bond donors (Lipinski definition) is 3. The van der Waals surface area contributed by atoms with Crippen LogP contribution in [0, 0.1) is 0 Å². The zero-order valence-electron chi connectivity index (χ0n) is 15.0. The van der Waals surface area contributed by atoms with Gasteiger partial charge in [-0.05, 0) is 13.3 Å². The van der Waals surface area contributed by atoms with E-state index in [0.29, 0.717) is 6.54 Å². The Labute approximate surface area is 141 Å². The number of carbonyl (C=O) groups is 1. The third-order valence-corrected chi connectivity index (χ3v) is 5.06. The van der Waals surface area contributed by atoms with E-state index in [1.807, 2.05) is 4.90 Å². The van der Waals surface area contributed by atoms with E-state index in [1.165, 1.54) is 44.9 Å². The molecule has 0 aromatic heterocycles. The Balaban J connectivity index is 2.27. The maximum absolute atomic E-state index is 11.0. The summed E-state index contributed by atoms with van der Waals surface area (Å²) in [6, 6.07) is 0. The first-order chi connectivity index (χ1) is 11.0. The molecule has 5 nitrogen and oxygen atoms in total. The van der Waals surface area contributed by atoms with Crippen LogP contribution in [0.1, 0.15) is 78.1 Å². The number of nitrogens with zero attached hydrogens (tertiary/aromatic N) is 1. The summed E-state index contributed by atoms with van der Waals surface area (Å²) in [7, 11) is 0. The Morgan fingerprint density at radius 3 is 2.22 bits per heavy atom. The third-order valence-electron chi connectivity index (χ3n) is 5.06. The van der Waals surface area contributed by atoms with Crippen LogP contribution in [0.25, 0.3) is 0 Å². The zero-order valence-corrected chi connectivity index (χ0v) is 15.0. The number of aliphatic carboxylic acids is 1. The summed E-state index contributed by atoms with van der Waals surface area (Å²) in [4.78, 5) is 12.9. The molecule has 2 atom stereocenters. The van der Waals surface area contributed by atoms with Gasteiger partial charge in [-0.25, -0.2) is 0 Å². The number of aliphatic hydroxyl groups excluding tert-OH is 1. The molecule has 1 aliphatic heterocycles. The van der Waals surface area contributed by atoms with Gasteiger partial charge >= 0.3 is 5.97 Å². The van der Waals surface area contributed by atoms with Gasteiger partial charge in [0.05, 0.1) is 18.3 Å². The van der Waals surface area contributed by atoms with Gasteiger partial charge in [-0.1, -0.05) is 64.7 Å². The first-order valence-corrected chi connectivity index (χ1v) is 9.43. The molecule has 1 rings (SSSR count). The topological polar surface area (TPSA) is 72.8 Å². The molecule has 0 aromatic carbocycles. The van der Waals surface area contributed by atoms with Crippen LogP contribution in [0.4, 0.5) is 0 Å². The number of carboxylic acids is 1. The van der Waals surface area contributed by atoms with Gasteiger partial charge in [0.25, 0.3) is 0 Å². The Morgan fingerprint density at radius 2 is 1.70 bits per heavy atom. The van der Waals surface area contributed by atoms with Gasteiger partial charge in [-0.2, -0.15) is 0 Å². The van der Waals surface area contributed by atoms with E-state index in [-0.39, 0.29) is 6.54 Å². The lowest BCUT2D eigenvalue weighted by atomic mass is 9.94. The lowest BCUT2D eigenvalue weighted by Crippen LogP contribution is -2.60. The molecule has 2 unspecified atom stereocenters. The summed E-state index contributed by atoms with van der Waals surface area (Å²) in [5, 5.41) is 22.6. The predicted molar refractivity (Wildman–Crippen MR) is 93.5 cm³/mol. The van der Waals surface area contributed by atoms with E-state index < -0.39 is 17.7 Å². The molecule has 1 heterocycles. The molecule has 5 heteroatoms. The number of unbranched alkanes of at least 4 members (excludes halogenated alkanes) is 8. The molecule has 0 bridgehead atoms. The fourth-order valence-electron chi connectivity index (χ4n) is 3.67. The average Bonchev–Trinajstić information content (AvgIpc) is 2.89. The lowest BCUT2D eigenvalue weighted by molar-refractivity contribution is -0.141. The number of aliphatic hydroxyl groups is 1. The van der Waals surface area contributed by atoms with Crippen molar-refractivity contribution in [1.29, 1.82) is 0 Å². The number of carboxylic acid groups (broad SMARTS) is 1. The summed E-state index contributed by atoms with van der Waals surface area (Å²) in [6.45, 7) is 5.43. The third kappa shape index (κ3) is 6.77. The quantitative estimate of drug-likeness (QED) is 0.453. The number of rotatable bonds is 13. The van der Waals surface area contributed by atoms with Crippen molar-refractivity contribution < 1.29 is 15.0 Å². The smallest absolute Gasteiger partial charge is 0.317 e. The Morgan fingerprint density at radius 1 is 1.13 bits per heavy atom. The Bertz CT molecular complexity index is 336. The second-order valence-electron chi connectivity index (χ2n) is 6.92. The van der Waals surface area contributed by atoms with Crippen molar-refractivity contribution in [1.82, 2.24) is 10.2 Å². The first kappa shape index (κ1) is 20.4. The van der Waals surface area contributed by atoms with Crippen LogP contribution in [0.3, 0.4) is 0 Å². The van der Waals surface area contributed by atoms with Crippen LogP contribution >= 0.6 is 0 Å². The van der Waals surface area contributed by atoms with Crippen LogP contribution < -0.4 is 5.32 Å². The van der Waals surface area contributed by atoms with Gasteiger partial charge in [0.1, 0.15) is 0 Å². The largest absolute Gasteiger partial charge is 0.480 e. The van der Waals surface area contributed by atoms with Crippen molar-refractivity contribution in [2.45, 2.75) is 89.8 Å². The Kier molecular flexibility index (Phi) is 9.75. The number of nitrogens with one attached hydrogen (secondary N) is 1. The molecule has 0 aromatic rings. The van der Waals surface area contributed by atoms with Crippen LogP contribution in [-0.4, -0.2) is 52.5 Å². The second kappa shape index (κ2) is 11.0. The van der Waals surface area contributed by atoms with Crippen LogP contribution in [0.5, 0.6) is 0 Å². The molecule has 0 radical (unpaired) electrons. The SMILES string of the molecule is CCCCCCCCCCCC1(C(C)O)NCCN1CC(=O)O. The summed E-state index contributed by atoms with van der Waals surface area (Å²) in [6.07, 6.45) is 11.6. The molecule has 0 saturated carbocycles. The molecular weight excluding hydrogens is 292 g/mol. The average molecular weight is 328 g/mol. The summed E-state index contributed by atoms with van der Waals surface area (Å²) in [5.41, 5.74) is -0.556. The lowest BCUT2D eigenvalue weighted by Gasteiger charge is -2.40. The maximum Gasteiger partial charge on any atom is 0.317 e. The first-order valence-electron chi connectivity index (χ1n) is 9.43. The molecule has 1 saturated heterocycles. The highest BCUT2D eigenvalue weighted by molar-refractivity contribution is 5.69. The van der Waals surface area contributed by atoms with E-state index >= 15 is 0 Å². The van der Waals surface area contributed by atoms with E-state index in [1.54, 1.807) is 6.92 Å². The minimum absolute atomic E-state index is 0.00463. The molecule has 0 amide bonds. The van der Waals surface area contributed by atoms with Gasteiger partial charge in [0.2, 0.25) is 0 Å². The normalized spacial score (nSPS) is 23.3. The van der Waals surface area contributed by atoms with Gasteiger partial charge in [0, 0.05) is 13.1 Å². The molecule has 3 N–H and O–H groups in total. The molecular formula is C18H36N2O3. The summed E-state index contributed by atoms with van der Waals surface area (Å²) >= 11 is 0. The van der Waals surface area contributed by atoms with Gasteiger partial charge in [0.15, 0.2) is 0 Å². The van der Waals surface area contributed by atoms with Crippen LogP contribution in [0.2, 0.25) is 0 Å². The van der Waals surface area contributed by atoms with E-state index in [0.717, 1.165) is 25.8 Å². The van der Waals surface area contributed by atoms with Crippen molar-refractivity contribution in [3.8, 4) is 0 Å². The molecule has 1 aliphatic rings. The molecule has 23 heavy (non-hydrogen) atoms. The van der Waals surface area contributed by atoms with Crippen LogP contribution in [0.15, 0.2) is 0 Å². The van der Waals surface area contributed by atoms with E-state index in [2.05, 4.69) is 12.2 Å². The monoisotopic (exact) mass is 328 g/mol. The zero-order chi connectivity index (χ0) is 17.1. The highest BCUT2D eigenvalue weighted by Crippen LogP contribution is 2.28. The standard InChI is InChI=1S/C18H36N2O3/c1-3-4-5-6-7-8-9-10-11-12-18(16(2)21)19-13-14-20(18)15-17(22)23/h16,19,21H,3-15H2,1-2H3,(H,22,23). The highest BCUT2D eigenvalue weighted by atomic mass is 16.4. The van der Waals surface area contributed by atoms with Crippen molar-refractivity contribution in [3.05, 3.63) is 0 Å². The van der Waals surface area contributed by atoms with Crippen molar-refractivity contribution in [2.75, 3.05) is 19.6 Å². The van der Waals surface area contributed by atoms with E-state index in [9.17, 15) is 9.90 Å². The molecule has 136 valence electrons. The Hall–Kier alpha value is -0.650. The van der Waals surface area contributed by atoms with Crippen molar-refractivity contribution in [2.24, 2.45) is 0 Å². The van der Waals surface area contributed by atoms with Crippen molar-refractivity contribution >= 4 is 5.97 Å². The minimum Gasteiger partial charge on any atom is -0.480 e. The molecule has 0 spiro atoms. The highest BCUT2D eigenvalue weighted by Gasteiger charge is 2.44. The van der Waals surface area contributed by atoms with Gasteiger partial charge < -0.3 is 10.2 Å². The molecule has 1 fully saturated rings. The predicted octanol–water partition coefficient (Wildman–Crippen LogP) is 2.97. The van der Waals surface area contributed by atoms with Crippen LogP contribution in [-0.2, 0) is 4.79 Å². The maximum atomic E-state index is 11.0. The number of hydrogen-bond acceptors (Lipinski definition) is 4. The fraction of sp³-hybridized carbons (Fsp3) is 0.944. The molecule has 0 aliphatic carbocycles. The van der Waals surface area contributed by atoms with Crippen molar-refractivity contribution in [3.63, 3.8) is 0 Å². The van der Waals surface area contributed by atoms with Gasteiger partial charge in [-0.3, -0.25) is 15.0 Å². The van der Waals surface area contributed by atoms with E-state index in [4.69, 9.17) is 5.11 Å². The minimum atomic E-state index is -0.828. The second-order valence-corrected chi connectivity index (χ2v) is 6.92. The fourth-order valence-corrected chi connectivity index (χ4v) is 3.67. The van der Waals surface area contributed by atoms with Gasteiger partial charge in [-0.15, -0.1) is 0 Å².